The van der Waals surface area contributed by atoms with Crippen LogP contribution < -0.4 is 5.73 Å². The van der Waals surface area contributed by atoms with E-state index in [0.29, 0.717) is 5.69 Å². The van der Waals surface area contributed by atoms with Gasteiger partial charge >= 0.3 is 0 Å². The number of benzene rings is 1. The highest BCUT2D eigenvalue weighted by Gasteiger charge is 2.21. The van der Waals surface area contributed by atoms with E-state index in [1.54, 1.807) is 19.3 Å². The summed E-state index contributed by atoms with van der Waals surface area (Å²) < 4.78 is 0. The molecule has 0 fully saturated rings. The third kappa shape index (κ3) is 2.59. The molecular weight excluding hydrogens is 296 g/mol. The van der Waals surface area contributed by atoms with E-state index in [9.17, 15) is 0 Å². The van der Waals surface area contributed by atoms with Crippen LogP contribution in [0.15, 0.2) is 23.2 Å². The number of pyridine rings is 1. The van der Waals surface area contributed by atoms with Crippen molar-refractivity contribution in [1.29, 1.82) is 5.41 Å². The van der Waals surface area contributed by atoms with Crippen LogP contribution in [-0.4, -0.2) is 24.5 Å². The number of aliphatic imine (C=N–C) groups is 1. The molecule has 4 heteroatoms. The lowest BCUT2D eigenvalue weighted by molar-refractivity contribution is 0.686. The molecule has 3 rings (SSSR count). The van der Waals surface area contributed by atoms with E-state index in [0.717, 1.165) is 53.4 Å². The van der Waals surface area contributed by atoms with E-state index in [2.05, 4.69) is 10.9 Å². The molecule has 1 aromatic carbocycles. The van der Waals surface area contributed by atoms with Crippen molar-refractivity contribution < 1.29 is 0 Å². The van der Waals surface area contributed by atoms with Gasteiger partial charge in [-0.3, -0.25) is 4.99 Å². The average molecular weight is 316 g/mol. The normalized spacial score (nSPS) is 14.6. The number of aryl methyl sites for hydroxylation is 1. The zero-order valence-corrected chi connectivity index (χ0v) is 13.8. The number of aromatic nitrogens is 1. The van der Waals surface area contributed by atoms with Crippen molar-refractivity contribution in [1.82, 2.24) is 4.98 Å². The Bertz CT molecular complexity index is 914. The molecule has 0 saturated carbocycles. The number of hydrogen-bond donors (Lipinski definition) is 2. The van der Waals surface area contributed by atoms with E-state index in [1.165, 1.54) is 17.3 Å². The molecule has 0 radical (unpaired) electrons. The standard InChI is InChI=1S/C20H20N4/c1-3-6-13(12-23-2)20-15-8-5-4-7-14(15)19-16(11-21)17(22)9-10-18(19)24-20/h1,6,9-12,21H,4-5,7-8,22H2,2H3/b13-6+,21-11?,23-12?. The van der Waals surface area contributed by atoms with Gasteiger partial charge in [0.25, 0.3) is 0 Å². The van der Waals surface area contributed by atoms with Gasteiger partial charge in [-0.2, -0.15) is 0 Å². The Kier molecular flexibility index (Phi) is 4.43. The summed E-state index contributed by atoms with van der Waals surface area (Å²) in [4.78, 5) is 8.98. The third-order valence-electron chi connectivity index (χ3n) is 4.47. The fourth-order valence-electron chi connectivity index (χ4n) is 3.45. The van der Waals surface area contributed by atoms with Gasteiger partial charge in [-0.1, -0.05) is 5.92 Å². The van der Waals surface area contributed by atoms with Crippen LogP contribution in [0.2, 0.25) is 0 Å². The molecular formula is C20H20N4. The van der Waals surface area contributed by atoms with Crippen molar-refractivity contribution in [2.24, 2.45) is 4.99 Å². The lowest BCUT2D eigenvalue weighted by Crippen LogP contribution is -2.11. The van der Waals surface area contributed by atoms with Crippen LogP contribution in [0.4, 0.5) is 5.69 Å². The van der Waals surface area contributed by atoms with Crippen molar-refractivity contribution in [2.45, 2.75) is 25.7 Å². The van der Waals surface area contributed by atoms with Gasteiger partial charge in [0.15, 0.2) is 0 Å². The molecule has 2 aromatic rings. The van der Waals surface area contributed by atoms with E-state index in [-0.39, 0.29) is 0 Å². The third-order valence-corrected chi connectivity index (χ3v) is 4.47. The quantitative estimate of drug-likeness (QED) is 0.517. The molecule has 0 amide bonds. The molecule has 0 unspecified atom stereocenters. The second-order valence-electron chi connectivity index (χ2n) is 5.89. The summed E-state index contributed by atoms with van der Waals surface area (Å²) in [6, 6.07) is 3.74. The molecule has 1 heterocycles. The fourth-order valence-corrected chi connectivity index (χ4v) is 3.45. The molecule has 3 N–H and O–H groups in total. The van der Waals surface area contributed by atoms with E-state index in [4.69, 9.17) is 22.6 Å². The first-order valence-corrected chi connectivity index (χ1v) is 8.04. The van der Waals surface area contributed by atoms with E-state index >= 15 is 0 Å². The Hall–Kier alpha value is -2.93. The number of terminal acetylenes is 1. The number of allylic oxidation sites excluding steroid dienone is 2. The highest BCUT2D eigenvalue weighted by atomic mass is 14.7. The van der Waals surface area contributed by atoms with E-state index in [1.807, 2.05) is 12.1 Å². The maximum atomic E-state index is 7.76. The van der Waals surface area contributed by atoms with Gasteiger partial charge in [-0.15, -0.1) is 6.42 Å². The lowest BCUT2D eigenvalue weighted by Gasteiger charge is -2.22. The molecule has 4 nitrogen and oxygen atoms in total. The molecule has 0 aliphatic heterocycles. The number of hydrogen-bond acceptors (Lipinski definition) is 4. The van der Waals surface area contributed by atoms with Gasteiger partial charge in [0, 0.05) is 41.7 Å². The molecule has 0 atom stereocenters. The summed E-state index contributed by atoms with van der Waals surface area (Å²) in [6.07, 6.45) is 14.5. The zero-order chi connectivity index (χ0) is 17.1. The van der Waals surface area contributed by atoms with Crippen molar-refractivity contribution >= 4 is 34.6 Å². The smallest absolute Gasteiger partial charge is 0.0766 e. The topological polar surface area (TPSA) is 75.1 Å². The number of rotatable bonds is 3. The predicted octanol–water partition coefficient (Wildman–Crippen LogP) is 3.41. The number of nitrogens with one attached hydrogen (secondary N) is 1. The SMILES string of the molecule is C#C/C=C(\C=NC)c1nc2ccc(N)c(C=N)c2c2c1CCCC2. The van der Waals surface area contributed by atoms with Crippen LogP contribution in [0.1, 0.15) is 35.2 Å². The van der Waals surface area contributed by atoms with Gasteiger partial charge in [0.1, 0.15) is 0 Å². The van der Waals surface area contributed by atoms with Gasteiger partial charge < -0.3 is 11.1 Å². The van der Waals surface area contributed by atoms with Crippen LogP contribution in [0.5, 0.6) is 0 Å². The summed E-state index contributed by atoms with van der Waals surface area (Å²) in [6.45, 7) is 0. The predicted molar refractivity (Wildman–Crippen MR) is 102 cm³/mol. The summed E-state index contributed by atoms with van der Waals surface area (Å²) in [5.74, 6) is 2.59. The van der Waals surface area contributed by atoms with Crippen LogP contribution in [0.25, 0.3) is 16.5 Å². The highest BCUT2D eigenvalue weighted by Crippen LogP contribution is 2.35. The van der Waals surface area contributed by atoms with Gasteiger partial charge in [-0.25, -0.2) is 4.98 Å². The van der Waals surface area contributed by atoms with Gasteiger partial charge in [0.2, 0.25) is 0 Å². The van der Waals surface area contributed by atoms with Crippen molar-refractivity contribution in [3.63, 3.8) is 0 Å². The molecule has 120 valence electrons. The molecule has 1 aliphatic rings. The monoisotopic (exact) mass is 316 g/mol. The van der Waals surface area contributed by atoms with Crippen molar-refractivity contribution in [3.05, 3.63) is 40.6 Å². The summed E-state index contributed by atoms with van der Waals surface area (Å²) in [7, 11) is 1.73. The first kappa shape index (κ1) is 15.9. The van der Waals surface area contributed by atoms with Crippen LogP contribution >= 0.6 is 0 Å². The van der Waals surface area contributed by atoms with Crippen LogP contribution in [0.3, 0.4) is 0 Å². The highest BCUT2D eigenvalue weighted by molar-refractivity contribution is 6.12. The minimum absolute atomic E-state index is 0.620. The summed E-state index contributed by atoms with van der Waals surface area (Å²) in [5, 5.41) is 8.77. The van der Waals surface area contributed by atoms with Crippen LogP contribution in [-0.2, 0) is 12.8 Å². The Balaban J connectivity index is 2.42. The minimum atomic E-state index is 0.620. The zero-order valence-electron chi connectivity index (χ0n) is 13.8. The number of anilines is 1. The molecule has 0 bridgehead atoms. The van der Waals surface area contributed by atoms with Crippen LogP contribution in [0, 0.1) is 17.8 Å². The minimum Gasteiger partial charge on any atom is -0.398 e. The Morgan fingerprint density at radius 3 is 2.75 bits per heavy atom. The van der Waals surface area contributed by atoms with Crippen molar-refractivity contribution in [2.75, 3.05) is 12.8 Å². The molecule has 24 heavy (non-hydrogen) atoms. The molecule has 1 aromatic heterocycles. The van der Waals surface area contributed by atoms with Gasteiger partial charge in [-0.05, 0) is 55.0 Å². The number of fused-ring (bicyclic) bond motifs is 3. The maximum Gasteiger partial charge on any atom is 0.0766 e. The number of nitrogens with two attached hydrogens (primary N) is 1. The Morgan fingerprint density at radius 2 is 2.08 bits per heavy atom. The number of nitrogen functional groups attached to an aromatic ring is 1. The largest absolute Gasteiger partial charge is 0.398 e. The fraction of sp³-hybridized carbons (Fsp3) is 0.250. The summed E-state index contributed by atoms with van der Waals surface area (Å²) >= 11 is 0. The Labute approximate surface area is 142 Å². The van der Waals surface area contributed by atoms with Gasteiger partial charge in [0.05, 0.1) is 11.2 Å². The lowest BCUT2D eigenvalue weighted by atomic mass is 9.85. The van der Waals surface area contributed by atoms with Crippen molar-refractivity contribution in [3.8, 4) is 12.3 Å². The van der Waals surface area contributed by atoms with E-state index < -0.39 is 0 Å². The molecule has 1 aliphatic carbocycles. The second kappa shape index (κ2) is 6.67. The first-order valence-electron chi connectivity index (χ1n) is 8.04. The first-order chi connectivity index (χ1) is 11.7. The molecule has 0 saturated heterocycles. The summed E-state index contributed by atoms with van der Waals surface area (Å²) in [5.41, 5.74) is 12.5. The molecule has 0 spiro atoms. The average Bonchev–Trinajstić information content (AvgIpc) is 2.61. The maximum absolute atomic E-state index is 7.76. The Morgan fingerprint density at radius 1 is 1.33 bits per heavy atom. The number of nitrogens with zero attached hydrogens (tertiary/aromatic N) is 2. The second-order valence-corrected chi connectivity index (χ2v) is 5.89.